The van der Waals surface area contributed by atoms with Crippen molar-refractivity contribution in [3.8, 4) is 5.75 Å². The van der Waals surface area contributed by atoms with Crippen molar-refractivity contribution < 1.29 is 14.3 Å². The number of nitrogen functional groups attached to an aromatic ring is 1. The van der Waals surface area contributed by atoms with E-state index < -0.39 is 0 Å². The quantitative estimate of drug-likeness (QED) is 0.255. The number of carbonyl (C=O) groups excluding carboxylic acids is 2. The van der Waals surface area contributed by atoms with Crippen LogP contribution in [0.3, 0.4) is 0 Å². The zero-order chi connectivity index (χ0) is 24.2. The fourth-order valence-corrected chi connectivity index (χ4v) is 4.79. The molecule has 5 rings (SSSR count). The lowest BCUT2D eigenvalue weighted by atomic mass is 9.96. The minimum Gasteiger partial charge on any atom is -0.493 e. The molecule has 0 radical (unpaired) electrons. The lowest BCUT2D eigenvalue weighted by Gasteiger charge is -2.11. The molecule has 1 amide bonds. The third kappa shape index (κ3) is 5.06. The summed E-state index contributed by atoms with van der Waals surface area (Å²) in [5.74, 6) is 0.342. The van der Waals surface area contributed by atoms with Crippen LogP contribution in [0.25, 0.3) is 10.9 Å². The van der Waals surface area contributed by atoms with E-state index in [2.05, 4.69) is 22.4 Å². The molecule has 6 heteroatoms. The second kappa shape index (κ2) is 10.1. The van der Waals surface area contributed by atoms with Crippen LogP contribution in [-0.2, 0) is 19.3 Å². The van der Waals surface area contributed by atoms with E-state index in [1.165, 1.54) is 29.5 Å². The summed E-state index contributed by atoms with van der Waals surface area (Å²) in [4.78, 5) is 28.8. The van der Waals surface area contributed by atoms with Crippen molar-refractivity contribution in [3.05, 3.63) is 94.7 Å². The van der Waals surface area contributed by atoms with E-state index >= 15 is 0 Å². The summed E-state index contributed by atoms with van der Waals surface area (Å²) < 4.78 is 6.03. The summed E-state index contributed by atoms with van der Waals surface area (Å²) >= 11 is 0. The van der Waals surface area contributed by atoms with Crippen LogP contribution in [-0.4, -0.2) is 29.8 Å². The standard InChI is InChI=1S/C29H29N3O3/c30-21-8-5-7-20(16-21)28(33)18-31-29(34)23-9-2-1-6-19(23)14-15-35-22-12-13-25-24-10-3-4-11-26(24)32-27(25)17-22/h1-2,5-9,12-13,16-17,32H,3-4,10-11,14-15,18,30H2,(H,31,34). The van der Waals surface area contributed by atoms with Crippen molar-refractivity contribution in [2.45, 2.75) is 32.1 Å². The van der Waals surface area contributed by atoms with Gasteiger partial charge in [-0.1, -0.05) is 30.3 Å². The summed E-state index contributed by atoms with van der Waals surface area (Å²) in [6.45, 7) is 0.353. The number of ether oxygens (including phenoxy) is 1. The topological polar surface area (TPSA) is 97.2 Å². The SMILES string of the molecule is Nc1cccc(C(=O)CNC(=O)c2ccccc2CCOc2ccc3c4c([nH]c3c2)CCCC4)c1. The predicted octanol–water partition coefficient (Wildman–Crippen LogP) is 4.86. The molecule has 0 saturated carbocycles. The number of nitrogens with one attached hydrogen (secondary N) is 2. The number of hydrogen-bond acceptors (Lipinski definition) is 4. The van der Waals surface area contributed by atoms with E-state index in [1.807, 2.05) is 24.3 Å². The number of aryl methyl sites for hydroxylation is 2. The monoisotopic (exact) mass is 467 g/mol. The van der Waals surface area contributed by atoms with Crippen molar-refractivity contribution in [3.63, 3.8) is 0 Å². The fourth-order valence-electron chi connectivity index (χ4n) is 4.79. The zero-order valence-electron chi connectivity index (χ0n) is 19.6. The van der Waals surface area contributed by atoms with Crippen LogP contribution >= 0.6 is 0 Å². The van der Waals surface area contributed by atoms with Gasteiger partial charge in [-0.05, 0) is 67.1 Å². The van der Waals surface area contributed by atoms with Crippen molar-refractivity contribution in [2.24, 2.45) is 0 Å². The van der Waals surface area contributed by atoms with Gasteiger partial charge in [-0.2, -0.15) is 0 Å². The Labute approximate surface area is 204 Å². The number of rotatable bonds is 8. The summed E-state index contributed by atoms with van der Waals surface area (Å²) in [6.07, 6.45) is 5.32. The smallest absolute Gasteiger partial charge is 0.251 e. The number of benzene rings is 3. The van der Waals surface area contributed by atoms with E-state index in [4.69, 9.17) is 10.5 Å². The summed E-state index contributed by atoms with van der Waals surface area (Å²) in [5.41, 5.74) is 12.1. The Morgan fingerprint density at radius 3 is 2.71 bits per heavy atom. The fraction of sp³-hybridized carbons (Fsp3) is 0.241. The molecule has 0 aliphatic heterocycles. The molecule has 1 aliphatic carbocycles. The first-order valence-electron chi connectivity index (χ1n) is 12.1. The van der Waals surface area contributed by atoms with Gasteiger partial charge in [-0.15, -0.1) is 0 Å². The highest BCUT2D eigenvalue weighted by atomic mass is 16.5. The van der Waals surface area contributed by atoms with Crippen LogP contribution in [0.1, 0.15) is 50.4 Å². The van der Waals surface area contributed by atoms with E-state index in [1.54, 1.807) is 30.3 Å². The molecule has 0 fully saturated rings. The molecule has 3 aromatic carbocycles. The van der Waals surface area contributed by atoms with Crippen LogP contribution in [0.4, 0.5) is 5.69 Å². The minimum absolute atomic E-state index is 0.0900. The maximum atomic E-state index is 12.8. The normalized spacial score (nSPS) is 12.8. The van der Waals surface area contributed by atoms with Crippen LogP contribution in [0.5, 0.6) is 5.75 Å². The number of fused-ring (bicyclic) bond motifs is 3. The first kappa shape index (κ1) is 22.7. The molecule has 6 nitrogen and oxygen atoms in total. The number of H-pyrrole nitrogens is 1. The Balaban J connectivity index is 1.20. The van der Waals surface area contributed by atoms with E-state index in [0.29, 0.717) is 29.8 Å². The van der Waals surface area contributed by atoms with Gasteiger partial charge >= 0.3 is 0 Å². The third-order valence-electron chi connectivity index (χ3n) is 6.59. The number of aromatic nitrogens is 1. The van der Waals surface area contributed by atoms with Gasteiger partial charge in [0.15, 0.2) is 5.78 Å². The average molecular weight is 468 g/mol. The van der Waals surface area contributed by atoms with Crippen molar-refractivity contribution in [2.75, 3.05) is 18.9 Å². The molecule has 0 atom stereocenters. The number of hydrogen-bond donors (Lipinski definition) is 3. The highest BCUT2D eigenvalue weighted by Crippen LogP contribution is 2.31. The number of Topliss-reactive ketones (excluding diaryl/α,β-unsaturated/α-hetero) is 1. The van der Waals surface area contributed by atoms with Gasteiger partial charge in [0.1, 0.15) is 5.75 Å². The molecule has 0 saturated heterocycles. The van der Waals surface area contributed by atoms with Crippen molar-refractivity contribution >= 4 is 28.3 Å². The predicted molar refractivity (Wildman–Crippen MR) is 138 cm³/mol. The molecular formula is C29H29N3O3. The number of amides is 1. The Morgan fingerprint density at radius 1 is 0.971 bits per heavy atom. The lowest BCUT2D eigenvalue weighted by Crippen LogP contribution is -2.30. The summed E-state index contributed by atoms with van der Waals surface area (Å²) in [6, 6.07) is 20.4. The number of carbonyl (C=O) groups is 2. The second-order valence-corrected chi connectivity index (χ2v) is 8.98. The number of ketones is 1. The Kier molecular flexibility index (Phi) is 6.53. The highest BCUT2D eigenvalue weighted by Gasteiger charge is 2.16. The van der Waals surface area contributed by atoms with Gasteiger partial charge in [0.2, 0.25) is 0 Å². The van der Waals surface area contributed by atoms with Crippen molar-refractivity contribution in [1.82, 2.24) is 10.3 Å². The number of aromatic amines is 1. The van der Waals surface area contributed by atoms with E-state index in [9.17, 15) is 9.59 Å². The molecule has 35 heavy (non-hydrogen) atoms. The maximum absolute atomic E-state index is 12.8. The molecule has 4 N–H and O–H groups in total. The average Bonchev–Trinajstić information content (AvgIpc) is 3.25. The molecule has 0 unspecified atom stereocenters. The first-order chi connectivity index (χ1) is 17.1. The summed E-state index contributed by atoms with van der Waals surface area (Å²) in [7, 11) is 0. The highest BCUT2D eigenvalue weighted by molar-refractivity contribution is 6.03. The van der Waals surface area contributed by atoms with Crippen LogP contribution < -0.4 is 15.8 Å². The van der Waals surface area contributed by atoms with Gasteiger partial charge in [0.25, 0.3) is 5.91 Å². The summed E-state index contributed by atoms with van der Waals surface area (Å²) in [5, 5.41) is 4.03. The number of anilines is 1. The van der Waals surface area contributed by atoms with Crippen LogP contribution in [0.15, 0.2) is 66.7 Å². The molecule has 0 spiro atoms. The molecular weight excluding hydrogens is 438 g/mol. The van der Waals surface area contributed by atoms with Crippen LogP contribution in [0, 0.1) is 0 Å². The molecule has 1 aromatic heterocycles. The molecule has 1 aliphatic rings. The maximum Gasteiger partial charge on any atom is 0.251 e. The zero-order valence-corrected chi connectivity index (χ0v) is 19.6. The van der Waals surface area contributed by atoms with E-state index in [-0.39, 0.29) is 18.2 Å². The van der Waals surface area contributed by atoms with Gasteiger partial charge in [0.05, 0.1) is 13.2 Å². The van der Waals surface area contributed by atoms with Gasteiger partial charge in [-0.3, -0.25) is 9.59 Å². The largest absolute Gasteiger partial charge is 0.493 e. The molecule has 4 aromatic rings. The van der Waals surface area contributed by atoms with Crippen LogP contribution in [0.2, 0.25) is 0 Å². The third-order valence-corrected chi connectivity index (χ3v) is 6.59. The van der Waals surface area contributed by atoms with E-state index in [0.717, 1.165) is 29.7 Å². The minimum atomic E-state index is -0.281. The Bertz CT molecular complexity index is 1390. The lowest BCUT2D eigenvalue weighted by molar-refractivity contribution is 0.0903. The number of nitrogens with two attached hydrogens (primary N) is 1. The van der Waals surface area contributed by atoms with Gasteiger partial charge in [-0.25, -0.2) is 0 Å². The molecule has 1 heterocycles. The van der Waals surface area contributed by atoms with Crippen molar-refractivity contribution in [1.29, 1.82) is 0 Å². The van der Waals surface area contributed by atoms with Gasteiger partial charge < -0.3 is 20.8 Å². The first-order valence-corrected chi connectivity index (χ1v) is 12.1. The van der Waals surface area contributed by atoms with Gasteiger partial charge in [0, 0.05) is 45.9 Å². The molecule has 178 valence electrons. The Morgan fingerprint density at radius 2 is 1.83 bits per heavy atom. The Hall–Kier alpha value is -4.06. The second-order valence-electron chi connectivity index (χ2n) is 8.98. The molecule has 0 bridgehead atoms.